The van der Waals surface area contributed by atoms with Gasteiger partial charge in [0.2, 0.25) is 5.78 Å². The van der Waals surface area contributed by atoms with Gasteiger partial charge >= 0.3 is 5.97 Å². The Hall–Kier alpha value is -1.46. The molecule has 2 aromatic heterocycles. The summed E-state index contributed by atoms with van der Waals surface area (Å²) in [5, 5.41) is 1.91. The zero-order valence-corrected chi connectivity index (χ0v) is 11.7. The molecule has 0 saturated heterocycles. The first kappa shape index (κ1) is 13.0. The van der Waals surface area contributed by atoms with Gasteiger partial charge in [0.25, 0.3) is 0 Å². The molecule has 0 unspecified atom stereocenters. The van der Waals surface area contributed by atoms with Gasteiger partial charge in [-0.3, -0.25) is 9.59 Å². The number of rotatable bonds is 4. The van der Waals surface area contributed by atoms with Gasteiger partial charge in [-0.25, -0.2) is 0 Å². The maximum Gasteiger partial charge on any atom is 0.310 e. The number of carbonyl (C=O) groups excluding carboxylic acids is 2. The SMILES string of the molecule is COC(=O)Cc1ccc(C(=O)c2sccc2C)s1. The van der Waals surface area contributed by atoms with Gasteiger partial charge in [-0.05, 0) is 36.1 Å². The van der Waals surface area contributed by atoms with Crippen LogP contribution in [0.1, 0.15) is 25.0 Å². The average Bonchev–Trinajstić information content (AvgIpc) is 2.97. The second kappa shape index (κ2) is 5.46. The third-order valence-electron chi connectivity index (χ3n) is 2.50. The highest BCUT2D eigenvalue weighted by Gasteiger charge is 2.16. The number of thiophene rings is 2. The predicted molar refractivity (Wildman–Crippen MR) is 72.5 cm³/mol. The highest BCUT2D eigenvalue weighted by molar-refractivity contribution is 7.17. The molecular formula is C13H12O3S2. The van der Waals surface area contributed by atoms with Crippen LogP contribution in [0.4, 0.5) is 0 Å². The van der Waals surface area contributed by atoms with E-state index in [-0.39, 0.29) is 18.2 Å². The molecule has 0 saturated carbocycles. The molecule has 18 heavy (non-hydrogen) atoms. The minimum absolute atomic E-state index is 0.0311. The van der Waals surface area contributed by atoms with E-state index in [1.807, 2.05) is 18.4 Å². The molecule has 3 nitrogen and oxygen atoms in total. The monoisotopic (exact) mass is 280 g/mol. The van der Waals surface area contributed by atoms with Gasteiger partial charge < -0.3 is 4.74 Å². The van der Waals surface area contributed by atoms with Gasteiger partial charge in [0.15, 0.2) is 0 Å². The smallest absolute Gasteiger partial charge is 0.310 e. The van der Waals surface area contributed by atoms with Gasteiger partial charge in [-0.15, -0.1) is 22.7 Å². The molecule has 0 aromatic carbocycles. The first-order chi connectivity index (χ1) is 8.61. The summed E-state index contributed by atoms with van der Waals surface area (Å²) in [6.07, 6.45) is 0.220. The number of esters is 1. The van der Waals surface area contributed by atoms with E-state index in [9.17, 15) is 9.59 Å². The van der Waals surface area contributed by atoms with Crippen molar-refractivity contribution < 1.29 is 14.3 Å². The molecule has 0 radical (unpaired) electrons. The quantitative estimate of drug-likeness (QED) is 0.638. The predicted octanol–water partition coefficient (Wildman–Crippen LogP) is 3.06. The molecule has 94 valence electrons. The maximum absolute atomic E-state index is 12.2. The van der Waals surface area contributed by atoms with Gasteiger partial charge in [-0.2, -0.15) is 0 Å². The Bertz CT molecular complexity index is 581. The molecular weight excluding hydrogens is 268 g/mol. The number of carbonyl (C=O) groups is 2. The molecule has 0 spiro atoms. The second-order valence-electron chi connectivity index (χ2n) is 3.78. The zero-order chi connectivity index (χ0) is 13.1. The van der Waals surface area contributed by atoms with Crippen LogP contribution < -0.4 is 0 Å². The summed E-state index contributed by atoms with van der Waals surface area (Å²) in [6.45, 7) is 1.92. The van der Waals surface area contributed by atoms with Crippen molar-refractivity contribution in [3.63, 3.8) is 0 Å². The molecule has 2 rings (SSSR count). The van der Waals surface area contributed by atoms with Gasteiger partial charge in [0, 0.05) is 4.88 Å². The molecule has 0 fully saturated rings. The Morgan fingerprint density at radius 3 is 2.67 bits per heavy atom. The summed E-state index contributed by atoms with van der Waals surface area (Å²) in [5.41, 5.74) is 0.993. The third kappa shape index (κ3) is 2.68. The zero-order valence-electron chi connectivity index (χ0n) is 10.1. The van der Waals surface area contributed by atoms with Crippen LogP contribution >= 0.6 is 22.7 Å². The summed E-state index contributed by atoms with van der Waals surface area (Å²) >= 11 is 2.79. The second-order valence-corrected chi connectivity index (χ2v) is 5.87. The first-order valence-corrected chi connectivity index (χ1v) is 7.05. The van der Waals surface area contributed by atoms with E-state index in [0.717, 1.165) is 15.3 Å². The number of hydrogen-bond donors (Lipinski definition) is 0. The van der Waals surface area contributed by atoms with E-state index in [1.165, 1.54) is 29.8 Å². The molecule has 0 aliphatic heterocycles. The normalized spacial score (nSPS) is 10.3. The van der Waals surface area contributed by atoms with Crippen LogP contribution in [-0.4, -0.2) is 18.9 Å². The number of ketones is 1. The third-order valence-corrected chi connectivity index (χ3v) is 4.60. The fourth-order valence-electron chi connectivity index (χ4n) is 1.53. The number of ether oxygens (including phenoxy) is 1. The molecule has 5 heteroatoms. The molecule has 0 N–H and O–H groups in total. The number of aryl methyl sites for hydroxylation is 1. The van der Waals surface area contributed by atoms with Crippen LogP contribution in [-0.2, 0) is 16.0 Å². The van der Waals surface area contributed by atoms with Crippen LogP contribution in [0.2, 0.25) is 0 Å². The van der Waals surface area contributed by atoms with Crippen LogP contribution in [0, 0.1) is 6.92 Å². The Morgan fingerprint density at radius 2 is 2.06 bits per heavy atom. The molecule has 2 aromatic rings. The summed E-state index contributed by atoms with van der Waals surface area (Å²) in [7, 11) is 1.36. The van der Waals surface area contributed by atoms with Crippen molar-refractivity contribution in [2.24, 2.45) is 0 Å². The highest BCUT2D eigenvalue weighted by Crippen LogP contribution is 2.25. The van der Waals surface area contributed by atoms with E-state index in [4.69, 9.17) is 0 Å². The number of hydrogen-bond acceptors (Lipinski definition) is 5. The largest absolute Gasteiger partial charge is 0.469 e. The fourth-order valence-corrected chi connectivity index (χ4v) is 3.41. The lowest BCUT2D eigenvalue weighted by atomic mass is 10.2. The lowest BCUT2D eigenvalue weighted by molar-refractivity contribution is -0.139. The summed E-state index contributed by atoms with van der Waals surface area (Å²) in [4.78, 5) is 25.6. The molecule has 0 aliphatic rings. The highest BCUT2D eigenvalue weighted by atomic mass is 32.1. The van der Waals surface area contributed by atoms with Crippen LogP contribution in [0.25, 0.3) is 0 Å². The Balaban J connectivity index is 2.18. The maximum atomic E-state index is 12.2. The van der Waals surface area contributed by atoms with Crippen LogP contribution in [0.5, 0.6) is 0 Å². The van der Waals surface area contributed by atoms with Gasteiger partial charge in [0.05, 0.1) is 23.3 Å². The van der Waals surface area contributed by atoms with Crippen molar-refractivity contribution in [2.45, 2.75) is 13.3 Å². The van der Waals surface area contributed by atoms with Crippen molar-refractivity contribution in [2.75, 3.05) is 7.11 Å². The van der Waals surface area contributed by atoms with E-state index < -0.39 is 0 Å². The van der Waals surface area contributed by atoms with Crippen molar-refractivity contribution >= 4 is 34.4 Å². The Labute approximate surface area is 113 Å². The molecule has 0 aliphatic carbocycles. The summed E-state index contributed by atoms with van der Waals surface area (Å²) in [6, 6.07) is 5.50. The van der Waals surface area contributed by atoms with Crippen molar-refractivity contribution in [1.29, 1.82) is 0 Å². The number of methoxy groups -OCH3 is 1. The Morgan fingerprint density at radius 1 is 1.28 bits per heavy atom. The minimum Gasteiger partial charge on any atom is -0.469 e. The van der Waals surface area contributed by atoms with E-state index >= 15 is 0 Å². The summed E-state index contributed by atoms with van der Waals surface area (Å²) in [5.74, 6) is -0.258. The molecule has 0 atom stereocenters. The van der Waals surface area contributed by atoms with Gasteiger partial charge in [-0.1, -0.05) is 0 Å². The van der Waals surface area contributed by atoms with E-state index in [0.29, 0.717) is 4.88 Å². The minimum atomic E-state index is -0.289. The lowest BCUT2D eigenvalue weighted by Crippen LogP contribution is -2.02. The standard InChI is InChI=1S/C13H12O3S2/c1-8-5-6-17-13(8)12(15)10-4-3-9(18-10)7-11(14)16-2/h3-6H,7H2,1-2H3. The molecule has 2 heterocycles. The molecule has 0 bridgehead atoms. The lowest BCUT2D eigenvalue weighted by Gasteiger charge is -1.96. The van der Waals surface area contributed by atoms with Gasteiger partial charge in [0.1, 0.15) is 0 Å². The van der Waals surface area contributed by atoms with E-state index in [1.54, 1.807) is 12.1 Å². The topological polar surface area (TPSA) is 43.4 Å². The van der Waals surface area contributed by atoms with E-state index in [2.05, 4.69) is 4.74 Å². The van der Waals surface area contributed by atoms with Crippen molar-refractivity contribution in [3.05, 3.63) is 43.8 Å². The first-order valence-electron chi connectivity index (χ1n) is 5.36. The Kier molecular flexibility index (Phi) is 3.93. The average molecular weight is 280 g/mol. The molecule has 0 amide bonds. The van der Waals surface area contributed by atoms with Crippen molar-refractivity contribution in [1.82, 2.24) is 0 Å². The fraction of sp³-hybridized carbons (Fsp3) is 0.231. The van der Waals surface area contributed by atoms with Crippen LogP contribution in [0.15, 0.2) is 23.6 Å². The summed E-state index contributed by atoms with van der Waals surface area (Å²) < 4.78 is 4.60. The van der Waals surface area contributed by atoms with Crippen LogP contribution in [0.3, 0.4) is 0 Å². The van der Waals surface area contributed by atoms with Crippen molar-refractivity contribution in [3.8, 4) is 0 Å².